The van der Waals surface area contributed by atoms with E-state index < -0.39 is 0 Å². The Morgan fingerprint density at radius 3 is 2.40 bits per heavy atom. The van der Waals surface area contributed by atoms with E-state index in [0.29, 0.717) is 0 Å². The number of hydrogen-bond donors (Lipinski definition) is 1. The molecule has 3 nitrogen and oxygen atoms in total. The summed E-state index contributed by atoms with van der Waals surface area (Å²) in [5.41, 5.74) is 9.43. The zero-order chi connectivity index (χ0) is 15.1. The maximum atomic E-state index is 6.33. The number of aromatic nitrogens is 2. The average molecular weight is 336 g/mol. The fourth-order valence-electron chi connectivity index (χ4n) is 2.37. The summed E-state index contributed by atoms with van der Waals surface area (Å²) < 4.78 is 3.13. The number of anilines is 1. The molecule has 2 aromatic rings. The molecule has 2 N–H and O–H groups in total. The van der Waals surface area contributed by atoms with Crippen molar-refractivity contribution < 1.29 is 0 Å². The Kier molecular flexibility index (Phi) is 3.96. The van der Waals surface area contributed by atoms with Crippen LogP contribution >= 0.6 is 15.9 Å². The largest absolute Gasteiger partial charge is 0.383 e. The van der Waals surface area contributed by atoms with Crippen LogP contribution in [0.15, 0.2) is 22.7 Å². The van der Waals surface area contributed by atoms with E-state index in [-0.39, 0.29) is 5.41 Å². The Hall–Kier alpha value is -1.29. The lowest BCUT2D eigenvalue weighted by Gasteiger charge is -2.19. The van der Waals surface area contributed by atoms with Crippen LogP contribution in [0, 0.1) is 6.92 Å². The van der Waals surface area contributed by atoms with Gasteiger partial charge in [-0.2, -0.15) is 0 Å². The zero-order valence-corrected chi connectivity index (χ0v) is 14.4. The van der Waals surface area contributed by atoms with Crippen LogP contribution in [0.25, 0.3) is 11.3 Å². The van der Waals surface area contributed by atoms with E-state index in [4.69, 9.17) is 10.7 Å². The van der Waals surface area contributed by atoms with Crippen molar-refractivity contribution in [1.29, 1.82) is 0 Å². The quantitative estimate of drug-likeness (QED) is 0.876. The molecule has 20 heavy (non-hydrogen) atoms. The van der Waals surface area contributed by atoms with Gasteiger partial charge in [-0.1, -0.05) is 48.8 Å². The van der Waals surface area contributed by atoms with Gasteiger partial charge in [-0.15, -0.1) is 0 Å². The van der Waals surface area contributed by atoms with Crippen molar-refractivity contribution in [3.63, 3.8) is 0 Å². The minimum atomic E-state index is -0.0282. The molecule has 0 aliphatic heterocycles. The van der Waals surface area contributed by atoms with Crippen molar-refractivity contribution in [2.45, 2.75) is 46.6 Å². The number of rotatable bonds is 2. The van der Waals surface area contributed by atoms with E-state index in [1.165, 1.54) is 5.56 Å². The first-order valence-corrected chi connectivity index (χ1v) is 7.68. The van der Waals surface area contributed by atoms with Crippen molar-refractivity contribution in [2.75, 3.05) is 5.73 Å². The number of nitrogens with two attached hydrogens (primary N) is 1. The summed E-state index contributed by atoms with van der Waals surface area (Å²) in [7, 11) is 0. The second-order valence-corrected chi connectivity index (χ2v) is 7.00. The highest BCUT2D eigenvalue weighted by molar-refractivity contribution is 9.10. The maximum Gasteiger partial charge on any atom is 0.131 e. The minimum Gasteiger partial charge on any atom is -0.383 e. The van der Waals surface area contributed by atoms with Gasteiger partial charge in [0, 0.05) is 22.0 Å². The third-order valence-electron chi connectivity index (χ3n) is 3.37. The molecular formula is C16H22BrN3. The van der Waals surface area contributed by atoms with Gasteiger partial charge in [0.1, 0.15) is 17.3 Å². The first kappa shape index (κ1) is 15.1. The third kappa shape index (κ3) is 2.62. The van der Waals surface area contributed by atoms with Gasteiger partial charge in [-0.05, 0) is 25.5 Å². The molecule has 0 saturated carbocycles. The normalized spacial score (nSPS) is 11.9. The summed E-state index contributed by atoms with van der Waals surface area (Å²) in [5.74, 6) is 1.77. The van der Waals surface area contributed by atoms with Gasteiger partial charge in [0.05, 0.1) is 0 Å². The number of halogens is 1. The molecular weight excluding hydrogens is 314 g/mol. The molecule has 108 valence electrons. The molecule has 0 unspecified atom stereocenters. The SMILES string of the molecule is CCn1c(C(C)(C)C)nc(-c2ccc(C)cc2Br)c1N. The zero-order valence-electron chi connectivity index (χ0n) is 12.8. The van der Waals surface area contributed by atoms with E-state index in [0.717, 1.165) is 33.9 Å². The van der Waals surface area contributed by atoms with Gasteiger partial charge in [-0.3, -0.25) is 0 Å². The second kappa shape index (κ2) is 5.24. The molecule has 0 aliphatic rings. The Morgan fingerprint density at radius 2 is 1.95 bits per heavy atom. The van der Waals surface area contributed by atoms with E-state index >= 15 is 0 Å². The highest BCUT2D eigenvalue weighted by atomic mass is 79.9. The number of hydrogen-bond acceptors (Lipinski definition) is 2. The first-order valence-electron chi connectivity index (χ1n) is 6.88. The van der Waals surface area contributed by atoms with Gasteiger partial charge in [0.2, 0.25) is 0 Å². The molecule has 0 spiro atoms. The van der Waals surface area contributed by atoms with Crippen LogP contribution in [-0.4, -0.2) is 9.55 Å². The highest BCUT2D eigenvalue weighted by Crippen LogP contribution is 2.35. The van der Waals surface area contributed by atoms with Gasteiger partial charge in [0.25, 0.3) is 0 Å². The van der Waals surface area contributed by atoms with Crippen LogP contribution in [0.4, 0.5) is 5.82 Å². The lowest BCUT2D eigenvalue weighted by Crippen LogP contribution is -2.19. The van der Waals surface area contributed by atoms with E-state index in [2.05, 4.69) is 73.3 Å². The van der Waals surface area contributed by atoms with E-state index in [1.807, 2.05) is 0 Å². The van der Waals surface area contributed by atoms with Gasteiger partial charge >= 0.3 is 0 Å². The van der Waals surface area contributed by atoms with Crippen LogP contribution in [0.5, 0.6) is 0 Å². The van der Waals surface area contributed by atoms with E-state index in [9.17, 15) is 0 Å². The predicted molar refractivity (Wildman–Crippen MR) is 88.9 cm³/mol. The number of nitrogen functional groups attached to an aromatic ring is 1. The lowest BCUT2D eigenvalue weighted by atomic mass is 9.95. The second-order valence-electron chi connectivity index (χ2n) is 6.15. The molecule has 0 atom stereocenters. The van der Waals surface area contributed by atoms with Gasteiger partial charge in [-0.25, -0.2) is 4.98 Å². The molecule has 1 heterocycles. The van der Waals surface area contributed by atoms with Crippen molar-refractivity contribution in [3.8, 4) is 11.3 Å². The number of nitrogens with zero attached hydrogens (tertiary/aromatic N) is 2. The Morgan fingerprint density at radius 1 is 1.30 bits per heavy atom. The third-order valence-corrected chi connectivity index (χ3v) is 4.03. The molecule has 4 heteroatoms. The van der Waals surface area contributed by atoms with Gasteiger partial charge in [0.15, 0.2) is 0 Å². The maximum absolute atomic E-state index is 6.33. The summed E-state index contributed by atoms with van der Waals surface area (Å²) in [6, 6.07) is 6.25. The molecule has 0 fully saturated rings. The molecule has 1 aromatic heterocycles. The molecule has 0 amide bonds. The number of aryl methyl sites for hydroxylation is 1. The van der Waals surface area contributed by atoms with Crippen LogP contribution in [-0.2, 0) is 12.0 Å². The molecule has 0 saturated heterocycles. The van der Waals surface area contributed by atoms with Crippen LogP contribution in [0.2, 0.25) is 0 Å². The lowest BCUT2D eigenvalue weighted by molar-refractivity contribution is 0.508. The van der Waals surface area contributed by atoms with Crippen LogP contribution < -0.4 is 5.73 Å². The Bertz CT molecular complexity index is 636. The fraction of sp³-hybridized carbons (Fsp3) is 0.438. The standard InChI is InChI=1S/C16H22BrN3/c1-6-20-14(18)13(19-15(20)16(3,4)5)11-8-7-10(2)9-12(11)17/h7-9H,6,18H2,1-5H3. The van der Waals surface area contributed by atoms with Crippen LogP contribution in [0.3, 0.4) is 0 Å². The Labute approximate surface area is 129 Å². The smallest absolute Gasteiger partial charge is 0.131 e. The van der Waals surface area contributed by atoms with Crippen molar-refractivity contribution in [3.05, 3.63) is 34.1 Å². The summed E-state index contributed by atoms with van der Waals surface area (Å²) in [6.45, 7) is 11.5. The van der Waals surface area contributed by atoms with Crippen molar-refractivity contribution >= 4 is 21.7 Å². The molecule has 0 radical (unpaired) electrons. The van der Waals surface area contributed by atoms with Gasteiger partial charge < -0.3 is 10.3 Å². The Balaban J connectivity index is 2.67. The average Bonchev–Trinajstić information content (AvgIpc) is 2.66. The molecule has 1 aromatic carbocycles. The molecule has 0 bridgehead atoms. The fourth-order valence-corrected chi connectivity index (χ4v) is 3.05. The monoisotopic (exact) mass is 335 g/mol. The highest BCUT2D eigenvalue weighted by Gasteiger charge is 2.25. The molecule has 0 aliphatic carbocycles. The number of benzene rings is 1. The first-order chi connectivity index (χ1) is 9.25. The van der Waals surface area contributed by atoms with Crippen molar-refractivity contribution in [1.82, 2.24) is 9.55 Å². The van der Waals surface area contributed by atoms with Crippen LogP contribution in [0.1, 0.15) is 39.1 Å². The number of imidazole rings is 1. The van der Waals surface area contributed by atoms with E-state index in [1.54, 1.807) is 0 Å². The summed E-state index contributed by atoms with van der Waals surface area (Å²) in [4.78, 5) is 4.82. The van der Waals surface area contributed by atoms with Crippen molar-refractivity contribution in [2.24, 2.45) is 0 Å². The summed E-state index contributed by atoms with van der Waals surface area (Å²) in [6.07, 6.45) is 0. The summed E-state index contributed by atoms with van der Waals surface area (Å²) in [5, 5.41) is 0. The predicted octanol–water partition coefficient (Wildman–Crippen LogP) is 4.52. The molecule has 2 rings (SSSR count). The topological polar surface area (TPSA) is 43.8 Å². The summed E-state index contributed by atoms with van der Waals surface area (Å²) >= 11 is 3.62. The minimum absolute atomic E-state index is 0.0282.